The van der Waals surface area contributed by atoms with Crippen molar-refractivity contribution in [3.63, 3.8) is 0 Å². The first kappa shape index (κ1) is 20.3. The normalized spacial score (nSPS) is 16.7. The molecule has 1 fully saturated rings. The van der Waals surface area contributed by atoms with Crippen LogP contribution < -0.4 is 9.47 Å². The van der Waals surface area contributed by atoms with Crippen LogP contribution in [0, 0.1) is 0 Å². The Hall–Kier alpha value is -2.93. The van der Waals surface area contributed by atoms with Gasteiger partial charge in [0.15, 0.2) is 0 Å². The largest absolute Gasteiger partial charge is 0.497 e. The summed E-state index contributed by atoms with van der Waals surface area (Å²) in [7, 11) is 3.23. The third kappa shape index (κ3) is 4.31. The van der Waals surface area contributed by atoms with Gasteiger partial charge in [0.2, 0.25) is 0 Å². The smallest absolute Gasteiger partial charge is 0.271 e. The number of methoxy groups -OCH3 is 2. The molecule has 2 heterocycles. The molecule has 1 aliphatic rings. The van der Waals surface area contributed by atoms with Gasteiger partial charge in [-0.3, -0.25) is 9.89 Å². The summed E-state index contributed by atoms with van der Waals surface area (Å²) < 4.78 is 10.8. The molecule has 1 aromatic heterocycles. The van der Waals surface area contributed by atoms with Crippen molar-refractivity contribution in [2.24, 2.45) is 0 Å². The molecular formula is C23H25N3O3S. The van der Waals surface area contributed by atoms with Gasteiger partial charge < -0.3 is 14.4 Å². The molecule has 2 aromatic carbocycles. The number of nitrogens with zero attached hydrogens (tertiary/aromatic N) is 2. The molecule has 4 rings (SSSR count). The molecule has 0 spiro atoms. The lowest BCUT2D eigenvalue weighted by molar-refractivity contribution is 0.0760. The number of hydrogen-bond donors (Lipinski definition) is 1. The van der Waals surface area contributed by atoms with Gasteiger partial charge in [0.25, 0.3) is 5.91 Å². The number of thioether (sulfide) groups is 1. The second kappa shape index (κ2) is 9.26. The maximum atomic E-state index is 13.1. The standard InChI is InChI=1S/C23H25N3O3S/c1-28-17-8-9-21(29-2)18(14-17)19-15-20(25-24-19)23(27)26-11-10-22(30-13-12-26)16-6-4-3-5-7-16/h3-9,14-15,22H,10-13H2,1-2H3,(H,24,25). The summed E-state index contributed by atoms with van der Waals surface area (Å²) in [5.41, 5.74) is 3.24. The number of carbonyl (C=O) groups excluding carboxylic acids is 1. The van der Waals surface area contributed by atoms with Crippen molar-refractivity contribution < 1.29 is 14.3 Å². The predicted octanol–water partition coefficient (Wildman–Crippen LogP) is 4.41. The van der Waals surface area contributed by atoms with Gasteiger partial charge in [-0.05, 0) is 36.2 Å². The molecule has 3 aromatic rings. The number of carbonyl (C=O) groups is 1. The average molecular weight is 424 g/mol. The van der Waals surface area contributed by atoms with Gasteiger partial charge in [0.1, 0.15) is 17.2 Å². The third-order valence-corrected chi connectivity index (χ3v) is 6.62. The van der Waals surface area contributed by atoms with Crippen LogP contribution in [-0.4, -0.2) is 54.1 Å². The highest BCUT2D eigenvalue weighted by Gasteiger charge is 2.24. The van der Waals surface area contributed by atoms with E-state index in [-0.39, 0.29) is 5.91 Å². The molecule has 1 amide bonds. The number of amides is 1. The summed E-state index contributed by atoms with van der Waals surface area (Å²) in [5.74, 6) is 2.27. The van der Waals surface area contributed by atoms with Crippen LogP contribution in [-0.2, 0) is 0 Å². The minimum Gasteiger partial charge on any atom is -0.497 e. The molecule has 0 saturated carbocycles. The van der Waals surface area contributed by atoms with E-state index in [4.69, 9.17) is 9.47 Å². The van der Waals surface area contributed by atoms with Crippen molar-refractivity contribution >= 4 is 17.7 Å². The van der Waals surface area contributed by atoms with Crippen molar-refractivity contribution in [3.8, 4) is 22.8 Å². The van der Waals surface area contributed by atoms with Gasteiger partial charge in [-0.2, -0.15) is 16.9 Å². The molecule has 1 N–H and O–H groups in total. The van der Waals surface area contributed by atoms with E-state index in [1.165, 1.54) is 5.56 Å². The zero-order valence-electron chi connectivity index (χ0n) is 17.1. The molecule has 0 aliphatic carbocycles. The van der Waals surface area contributed by atoms with E-state index in [9.17, 15) is 4.79 Å². The van der Waals surface area contributed by atoms with Gasteiger partial charge in [0, 0.05) is 29.7 Å². The van der Waals surface area contributed by atoms with E-state index in [1.54, 1.807) is 20.3 Å². The lowest BCUT2D eigenvalue weighted by Crippen LogP contribution is -2.33. The number of nitrogens with one attached hydrogen (secondary N) is 1. The van der Waals surface area contributed by atoms with Gasteiger partial charge in [-0.15, -0.1) is 0 Å². The van der Waals surface area contributed by atoms with Crippen molar-refractivity contribution in [1.82, 2.24) is 15.1 Å². The zero-order valence-corrected chi connectivity index (χ0v) is 17.9. The first-order valence-corrected chi connectivity index (χ1v) is 11.0. The van der Waals surface area contributed by atoms with E-state index < -0.39 is 0 Å². The molecule has 1 atom stereocenters. The summed E-state index contributed by atoms with van der Waals surface area (Å²) in [6.07, 6.45) is 0.936. The summed E-state index contributed by atoms with van der Waals surface area (Å²) in [4.78, 5) is 15.0. The molecule has 7 heteroatoms. The van der Waals surface area contributed by atoms with Crippen LogP contribution in [0.5, 0.6) is 11.5 Å². The molecule has 1 aliphatic heterocycles. The van der Waals surface area contributed by atoms with Crippen molar-refractivity contribution in [2.45, 2.75) is 11.7 Å². The minimum atomic E-state index is -0.0232. The van der Waals surface area contributed by atoms with Crippen LogP contribution in [0.2, 0.25) is 0 Å². The Morgan fingerprint density at radius 1 is 1.10 bits per heavy atom. The molecule has 6 nitrogen and oxygen atoms in total. The number of H-pyrrole nitrogens is 1. The first-order valence-electron chi connectivity index (χ1n) is 9.93. The molecular weight excluding hydrogens is 398 g/mol. The summed E-state index contributed by atoms with van der Waals surface area (Å²) >= 11 is 1.91. The van der Waals surface area contributed by atoms with Gasteiger partial charge in [-0.1, -0.05) is 30.3 Å². The molecule has 156 valence electrons. The second-order valence-electron chi connectivity index (χ2n) is 7.08. The molecule has 1 saturated heterocycles. The Morgan fingerprint density at radius 3 is 2.70 bits per heavy atom. The van der Waals surface area contributed by atoms with E-state index in [0.29, 0.717) is 28.1 Å². The fourth-order valence-corrected chi connectivity index (χ4v) is 4.89. The number of aromatic amines is 1. The van der Waals surface area contributed by atoms with Crippen LogP contribution in [0.15, 0.2) is 54.6 Å². The molecule has 30 heavy (non-hydrogen) atoms. The highest BCUT2D eigenvalue weighted by Crippen LogP contribution is 2.35. The van der Waals surface area contributed by atoms with E-state index in [1.807, 2.05) is 40.9 Å². The first-order chi connectivity index (χ1) is 14.7. The summed E-state index contributed by atoms with van der Waals surface area (Å²) in [6, 6.07) is 17.8. The monoisotopic (exact) mass is 423 g/mol. The predicted molar refractivity (Wildman–Crippen MR) is 119 cm³/mol. The number of rotatable bonds is 5. The maximum absolute atomic E-state index is 13.1. The zero-order chi connectivity index (χ0) is 20.9. The van der Waals surface area contributed by atoms with Gasteiger partial charge >= 0.3 is 0 Å². The summed E-state index contributed by atoms with van der Waals surface area (Å²) in [5, 5.41) is 7.69. The highest BCUT2D eigenvalue weighted by molar-refractivity contribution is 7.99. The molecule has 1 unspecified atom stereocenters. The van der Waals surface area contributed by atoms with Crippen LogP contribution in [0.4, 0.5) is 0 Å². The lowest BCUT2D eigenvalue weighted by Gasteiger charge is -2.19. The van der Waals surface area contributed by atoms with Crippen LogP contribution in [0.3, 0.4) is 0 Å². The van der Waals surface area contributed by atoms with Crippen LogP contribution in [0.1, 0.15) is 27.7 Å². The topological polar surface area (TPSA) is 67.5 Å². The Labute approximate surface area is 180 Å². The summed E-state index contributed by atoms with van der Waals surface area (Å²) in [6.45, 7) is 1.45. The number of ether oxygens (including phenoxy) is 2. The molecule has 0 bridgehead atoms. The molecule has 0 radical (unpaired) electrons. The Kier molecular flexibility index (Phi) is 6.28. The van der Waals surface area contributed by atoms with Crippen molar-refractivity contribution in [1.29, 1.82) is 0 Å². The number of aromatic nitrogens is 2. The minimum absolute atomic E-state index is 0.0232. The Morgan fingerprint density at radius 2 is 1.93 bits per heavy atom. The highest BCUT2D eigenvalue weighted by atomic mass is 32.2. The van der Waals surface area contributed by atoms with E-state index in [2.05, 4.69) is 34.5 Å². The van der Waals surface area contributed by atoms with Crippen LogP contribution >= 0.6 is 11.8 Å². The lowest BCUT2D eigenvalue weighted by atomic mass is 10.1. The Bertz CT molecular complexity index is 1010. The van der Waals surface area contributed by atoms with E-state index in [0.717, 1.165) is 30.8 Å². The number of benzene rings is 2. The van der Waals surface area contributed by atoms with Gasteiger partial charge in [-0.25, -0.2) is 0 Å². The fraction of sp³-hybridized carbons (Fsp3) is 0.304. The maximum Gasteiger partial charge on any atom is 0.271 e. The Balaban J connectivity index is 1.49. The van der Waals surface area contributed by atoms with Crippen LogP contribution in [0.25, 0.3) is 11.3 Å². The van der Waals surface area contributed by atoms with Gasteiger partial charge in [0.05, 0.1) is 19.9 Å². The fourth-order valence-electron chi connectivity index (χ4n) is 3.66. The van der Waals surface area contributed by atoms with E-state index >= 15 is 0 Å². The average Bonchev–Trinajstić information content (AvgIpc) is 3.16. The van der Waals surface area contributed by atoms with Crippen molar-refractivity contribution in [3.05, 3.63) is 65.9 Å². The number of hydrogen-bond acceptors (Lipinski definition) is 5. The quantitative estimate of drug-likeness (QED) is 0.658. The second-order valence-corrected chi connectivity index (χ2v) is 8.39. The van der Waals surface area contributed by atoms with Crippen molar-refractivity contribution in [2.75, 3.05) is 33.1 Å². The third-order valence-electron chi connectivity index (χ3n) is 5.29. The SMILES string of the molecule is COc1ccc(OC)c(-c2cc(C(=O)N3CCSC(c4ccccc4)CC3)[nH]n2)c1.